The van der Waals surface area contributed by atoms with Crippen LogP contribution in [0.1, 0.15) is 45.4 Å². The average Bonchev–Trinajstić information content (AvgIpc) is 2.97. The zero-order chi connectivity index (χ0) is 12.8. The number of unbranched alkanes of at least 4 members (excludes halogenated alkanes) is 3. The van der Waals surface area contributed by atoms with Gasteiger partial charge in [-0.25, -0.2) is 0 Å². The van der Waals surface area contributed by atoms with E-state index in [2.05, 4.69) is 19.1 Å². The van der Waals surface area contributed by atoms with Gasteiger partial charge in [0.25, 0.3) is 0 Å². The van der Waals surface area contributed by atoms with E-state index >= 15 is 0 Å². The van der Waals surface area contributed by atoms with Crippen LogP contribution in [-0.4, -0.2) is 11.9 Å². The van der Waals surface area contributed by atoms with Crippen LogP contribution in [0.2, 0.25) is 0 Å². The molecule has 2 aliphatic carbocycles. The molecule has 1 saturated heterocycles. The molecule has 0 radical (unpaired) electrons. The number of ether oxygens (including phenoxy) is 1. The Morgan fingerprint density at radius 2 is 2.11 bits per heavy atom. The molecule has 0 N–H and O–H groups in total. The maximum absolute atomic E-state index is 11.9. The lowest BCUT2D eigenvalue weighted by Gasteiger charge is -2.29. The van der Waals surface area contributed by atoms with Crippen LogP contribution in [0.4, 0.5) is 0 Å². The summed E-state index contributed by atoms with van der Waals surface area (Å²) in [4.78, 5) is 23.6. The Morgan fingerprint density at radius 3 is 2.89 bits per heavy atom. The standard InChI is InChI=1S/C15H20O3/c1-2-3-4-5-7-15-8-6-10(9-15)11-12(15)14(17)18-13(11)16/h6,8,10-12H,2-5,7,9H2,1H3. The van der Waals surface area contributed by atoms with E-state index in [1.807, 2.05) is 0 Å². The fourth-order valence-corrected chi connectivity index (χ4v) is 4.12. The monoisotopic (exact) mass is 248 g/mol. The van der Waals surface area contributed by atoms with Crippen LogP contribution in [0.15, 0.2) is 12.2 Å². The average molecular weight is 248 g/mol. The lowest BCUT2D eigenvalue weighted by atomic mass is 9.72. The Kier molecular flexibility index (Phi) is 2.80. The molecule has 3 heteroatoms. The van der Waals surface area contributed by atoms with Gasteiger partial charge in [-0.3, -0.25) is 9.59 Å². The fraction of sp³-hybridized carbons (Fsp3) is 0.733. The molecule has 4 atom stereocenters. The summed E-state index contributed by atoms with van der Waals surface area (Å²) >= 11 is 0. The molecule has 2 fully saturated rings. The molecule has 4 unspecified atom stereocenters. The summed E-state index contributed by atoms with van der Waals surface area (Å²) in [5, 5.41) is 0. The molecule has 0 amide bonds. The zero-order valence-corrected chi connectivity index (χ0v) is 10.9. The van der Waals surface area contributed by atoms with Crippen LogP contribution in [0, 0.1) is 23.2 Å². The molecule has 1 saturated carbocycles. The Balaban J connectivity index is 1.74. The van der Waals surface area contributed by atoms with Crippen LogP contribution in [0.25, 0.3) is 0 Å². The van der Waals surface area contributed by atoms with Crippen LogP contribution in [0.3, 0.4) is 0 Å². The Morgan fingerprint density at radius 1 is 1.28 bits per heavy atom. The van der Waals surface area contributed by atoms with Crippen LogP contribution in [-0.2, 0) is 14.3 Å². The number of hydrogen-bond donors (Lipinski definition) is 0. The summed E-state index contributed by atoms with van der Waals surface area (Å²) in [7, 11) is 0. The Labute approximate surface area is 108 Å². The van der Waals surface area contributed by atoms with Crippen molar-refractivity contribution in [2.45, 2.75) is 45.4 Å². The Hall–Kier alpha value is -1.12. The molecule has 3 rings (SSSR count). The molecule has 0 aromatic rings. The first-order valence-corrected chi connectivity index (χ1v) is 7.13. The van der Waals surface area contributed by atoms with E-state index in [1.165, 1.54) is 19.3 Å². The van der Waals surface area contributed by atoms with Gasteiger partial charge < -0.3 is 4.74 Å². The number of rotatable bonds is 5. The predicted octanol–water partition coefficient (Wildman–Crippen LogP) is 2.85. The summed E-state index contributed by atoms with van der Waals surface area (Å²) in [5.41, 5.74) is -0.0632. The minimum absolute atomic E-state index is 0.0632. The lowest BCUT2D eigenvalue weighted by Crippen LogP contribution is -2.31. The zero-order valence-electron chi connectivity index (χ0n) is 10.9. The summed E-state index contributed by atoms with van der Waals surface area (Å²) in [6.07, 6.45) is 11.2. The summed E-state index contributed by atoms with van der Waals surface area (Å²) in [5.74, 6) is -0.655. The summed E-state index contributed by atoms with van der Waals surface area (Å²) < 4.78 is 4.84. The number of carbonyl (C=O) groups is 2. The number of carbonyl (C=O) groups excluding carboxylic acids is 2. The van der Waals surface area contributed by atoms with Crippen molar-refractivity contribution in [3.05, 3.63) is 12.2 Å². The van der Waals surface area contributed by atoms with Crippen molar-refractivity contribution in [2.75, 3.05) is 0 Å². The molecule has 2 bridgehead atoms. The second-order valence-corrected chi connectivity index (χ2v) is 6.01. The molecular formula is C15H20O3. The summed E-state index contributed by atoms with van der Waals surface area (Å²) in [6, 6.07) is 0. The van der Waals surface area contributed by atoms with Gasteiger partial charge in [-0.05, 0) is 18.8 Å². The smallest absolute Gasteiger partial charge is 0.318 e. The summed E-state index contributed by atoms with van der Waals surface area (Å²) in [6.45, 7) is 2.20. The quantitative estimate of drug-likeness (QED) is 0.325. The predicted molar refractivity (Wildman–Crippen MR) is 66.5 cm³/mol. The molecule has 18 heavy (non-hydrogen) atoms. The van der Waals surface area contributed by atoms with Crippen molar-refractivity contribution < 1.29 is 14.3 Å². The number of allylic oxidation sites excluding steroid dienone is 2. The highest BCUT2D eigenvalue weighted by molar-refractivity contribution is 5.98. The maximum atomic E-state index is 11.9. The van der Waals surface area contributed by atoms with E-state index in [0.717, 1.165) is 19.3 Å². The van der Waals surface area contributed by atoms with Crippen molar-refractivity contribution in [1.29, 1.82) is 0 Å². The maximum Gasteiger partial charge on any atom is 0.318 e. The van der Waals surface area contributed by atoms with Gasteiger partial charge in [0.2, 0.25) is 0 Å². The molecule has 0 spiro atoms. The lowest BCUT2D eigenvalue weighted by molar-refractivity contribution is -0.155. The van der Waals surface area contributed by atoms with Gasteiger partial charge >= 0.3 is 11.9 Å². The third-order valence-electron chi connectivity index (χ3n) is 4.95. The van der Waals surface area contributed by atoms with Gasteiger partial charge in [-0.15, -0.1) is 0 Å². The third-order valence-corrected chi connectivity index (χ3v) is 4.95. The van der Waals surface area contributed by atoms with Crippen molar-refractivity contribution >= 4 is 11.9 Å². The van der Waals surface area contributed by atoms with Gasteiger partial charge in [-0.1, -0.05) is 44.8 Å². The number of fused-ring (bicyclic) bond motifs is 5. The first kappa shape index (κ1) is 11.9. The number of hydrogen-bond acceptors (Lipinski definition) is 3. The highest BCUT2D eigenvalue weighted by Gasteiger charge is 2.64. The molecule has 0 aromatic heterocycles. The minimum atomic E-state index is -0.283. The number of cyclic esters (lactones) is 2. The van der Waals surface area contributed by atoms with Crippen LogP contribution in [0.5, 0.6) is 0 Å². The molecular weight excluding hydrogens is 228 g/mol. The second kappa shape index (κ2) is 4.22. The highest BCUT2D eigenvalue weighted by atomic mass is 16.6. The van der Waals surface area contributed by atoms with Crippen molar-refractivity contribution in [3.8, 4) is 0 Å². The third kappa shape index (κ3) is 1.56. The molecule has 98 valence electrons. The molecule has 3 nitrogen and oxygen atoms in total. The van der Waals surface area contributed by atoms with E-state index < -0.39 is 0 Å². The second-order valence-electron chi connectivity index (χ2n) is 6.01. The van der Waals surface area contributed by atoms with Crippen LogP contribution < -0.4 is 0 Å². The van der Waals surface area contributed by atoms with Gasteiger partial charge in [0.1, 0.15) is 0 Å². The topological polar surface area (TPSA) is 43.4 Å². The van der Waals surface area contributed by atoms with Crippen molar-refractivity contribution in [3.63, 3.8) is 0 Å². The Bertz CT molecular complexity index is 412. The van der Waals surface area contributed by atoms with Gasteiger partial charge in [0.15, 0.2) is 0 Å². The highest BCUT2D eigenvalue weighted by Crippen LogP contribution is 2.61. The first-order valence-electron chi connectivity index (χ1n) is 7.13. The van der Waals surface area contributed by atoms with Crippen LogP contribution >= 0.6 is 0 Å². The molecule has 0 aromatic carbocycles. The first-order chi connectivity index (χ1) is 8.68. The number of esters is 2. The van der Waals surface area contributed by atoms with E-state index in [-0.39, 0.29) is 35.1 Å². The van der Waals surface area contributed by atoms with E-state index in [4.69, 9.17) is 4.74 Å². The van der Waals surface area contributed by atoms with Gasteiger partial charge in [-0.2, -0.15) is 0 Å². The SMILES string of the molecule is CCCCCCC12C=CC(C1)C1C(=O)OC(=O)C12. The van der Waals surface area contributed by atoms with Gasteiger partial charge in [0, 0.05) is 5.41 Å². The molecule has 1 heterocycles. The van der Waals surface area contributed by atoms with Crippen molar-refractivity contribution in [1.82, 2.24) is 0 Å². The fourth-order valence-electron chi connectivity index (χ4n) is 4.12. The largest absolute Gasteiger partial charge is 0.393 e. The van der Waals surface area contributed by atoms with Gasteiger partial charge in [0.05, 0.1) is 11.8 Å². The minimum Gasteiger partial charge on any atom is -0.393 e. The van der Waals surface area contributed by atoms with Crippen molar-refractivity contribution in [2.24, 2.45) is 23.2 Å². The molecule has 3 aliphatic rings. The van der Waals surface area contributed by atoms with E-state index in [9.17, 15) is 9.59 Å². The normalized spacial score (nSPS) is 40.4. The van der Waals surface area contributed by atoms with E-state index in [1.54, 1.807) is 0 Å². The molecule has 1 aliphatic heterocycles. The van der Waals surface area contributed by atoms with E-state index in [0.29, 0.717) is 0 Å².